The first-order chi connectivity index (χ1) is 23.2. The second-order valence-corrected chi connectivity index (χ2v) is 13.0. The lowest BCUT2D eigenvalue weighted by molar-refractivity contribution is 1.08. The maximum Gasteiger partial charge on any atom is 0.164 e. The minimum absolute atomic E-state index is 0.652. The zero-order valence-corrected chi connectivity index (χ0v) is 25.9. The molecule has 3 aromatic heterocycles. The minimum atomic E-state index is 0.652. The van der Waals surface area contributed by atoms with Crippen LogP contribution < -0.4 is 0 Å². The fraction of sp³-hybridized carbons (Fsp3) is 0. The van der Waals surface area contributed by atoms with Crippen LogP contribution >= 0.6 is 11.3 Å². The van der Waals surface area contributed by atoms with E-state index in [9.17, 15) is 0 Å². The average molecular weight is 617 g/mol. The van der Waals surface area contributed by atoms with Crippen molar-refractivity contribution in [2.45, 2.75) is 0 Å². The molecule has 47 heavy (non-hydrogen) atoms. The van der Waals surface area contributed by atoms with Gasteiger partial charge in [-0.25, -0.2) is 15.0 Å². The first-order valence-corrected chi connectivity index (χ1v) is 16.4. The Labute approximate surface area is 273 Å². The molecule has 0 spiro atoms. The maximum atomic E-state index is 5.12. The molecule has 0 amide bonds. The molecule has 0 aliphatic rings. The summed E-state index contributed by atoms with van der Waals surface area (Å²) in [6.07, 6.45) is 3.83. The number of benzene rings is 7. The third-order valence-electron chi connectivity index (χ3n) is 9.16. The van der Waals surface area contributed by atoms with Crippen LogP contribution in [0.25, 0.3) is 97.4 Å². The van der Waals surface area contributed by atoms with Crippen molar-refractivity contribution in [3.05, 3.63) is 146 Å². The van der Waals surface area contributed by atoms with E-state index in [1.807, 2.05) is 23.7 Å². The molecule has 0 bridgehead atoms. The van der Waals surface area contributed by atoms with Crippen LogP contribution in [0.2, 0.25) is 0 Å². The number of fused-ring (bicyclic) bond motifs is 9. The highest BCUT2D eigenvalue weighted by Crippen LogP contribution is 2.39. The Bertz CT molecular complexity index is 2870. The van der Waals surface area contributed by atoms with E-state index in [2.05, 4.69) is 138 Å². The van der Waals surface area contributed by atoms with Crippen molar-refractivity contribution >= 4 is 74.6 Å². The summed E-state index contributed by atoms with van der Waals surface area (Å²) in [5.41, 5.74) is 2.87. The van der Waals surface area contributed by atoms with Crippen LogP contribution in [0.1, 0.15) is 0 Å². The Hall–Kier alpha value is -6.04. The predicted molar refractivity (Wildman–Crippen MR) is 197 cm³/mol. The van der Waals surface area contributed by atoms with Gasteiger partial charge < -0.3 is 0 Å². The number of nitrogens with zero attached hydrogens (tertiary/aromatic N) is 4. The van der Waals surface area contributed by atoms with Crippen LogP contribution in [-0.2, 0) is 0 Å². The van der Waals surface area contributed by atoms with Gasteiger partial charge in [-0.1, -0.05) is 109 Å². The molecule has 10 rings (SSSR count). The van der Waals surface area contributed by atoms with E-state index in [1.165, 1.54) is 52.5 Å². The quantitative estimate of drug-likeness (QED) is 0.185. The molecular weight excluding hydrogens is 593 g/mol. The molecule has 218 valence electrons. The lowest BCUT2D eigenvalue weighted by Gasteiger charge is -2.11. The van der Waals surface area contributed by atoms with E-state index >= 15 is 0 Å². The largest absolute Gasteiger partial charge is 0.264 e. The van der Waals surface area contributed by atoms with Gasteiger partial charge in [-0.3, -0.25) is 4.98 Å². The molecule has 0 N–H and O–H groups in total. The second kappa shape index (κ2) is 10.2. The Morgan fingerprint density at radius 1 is 0.383 bits per heavy atom. The van der Waals surface area contributed by atoms with Crippen LogP contribution in [0, 0.1) is 0 Å². The van der Waals surface area contributed by atoms with Crippen LogP contribution in [0.3, 0.4) is 0 Å². The molecule has 10 aromatic rings. The van der Waals surface area contributed by atoms with Gasteiger partial charge >= 0.3 is 0 Å². The van der Waals surface area contributed by atoms with E-state index in [4.69, 9.17) is 15.0 Å². The molecule has 0 saturated heterocycles. The summed E-state index contributed by atoms with van der Waals surface area (Å²) in [7, 11) is 0. The van der Waals surface area contributed by atoms with Crippen LogP contribution in [-0.4, -0.2) is 19.9 Å². The van der Waals surface area contributed by atoms with Crippen LogP contribution in [0.4, 0.5) is 0 Å². The van der Waals surface area contributed by atoms with Gasteiger partial charge in [-0.05, 0) is 67.4 Å². The second-order valence-electron chi connectivity index (χ2n) is 11.9. The first kappa shape index (κ1) is 26.2. The Morgan fingerprint density at radius 2 is 0.957 bits per heavy atom. The number of hydrogen-bond donors (Lipinski definition) is 0. The lowest BCUT2D eigenvalue weighted by atomic mass is 9.99. The van der Waals surface area contributed by atoms with Crippen molar-refractivity contribution in [2.24, 2.45) is 0 Å². The molecule has 0 aliphatic heterocycles. The smallest absolute Gasteiger partial charge is 0.164 e. The van der Waals surface area contributed by atoms with E-state index in [1.54, 1.807) is 0 Å². The number of hydrogen-bond acceptors (Lipinski definition) is 5. The molecule has 0 aliphatic carbocycles. The molecule has 7 aromatic carbocycles. The molecule has 0 atom stereocenters. The molecule has 0 saturated carbocycles. The van der Waals surface area contributed by atoms with Gasteiger partial charge in [-0.15, -0.1) is 11.3 Å². The normalized spacial score (nSPS) is 11.8. The first-order valence-electron chi connectivity index (χ1n) is 15.6. The molecule has 5 heteroatoms. The number of pyridine rings is 1. The fourth-order valence-corrected chi connectivity index (χ4v) is 7.98. The van der Waals surface area contributed by atoms with Crippen molar-refractivity contribution in [3.8, 4) is 34.2 Å². The van der Waals surface area contributed by atoms with Gasteiger partial charge in [0.05, 0.1) is 0 Å². The zero-order chi connectivity index (χ0) is 30.9. The SMILES string of the molecule is c1ccc2cc(-c3nc(-c4ccc5c(ccc6c7cnccc7sc56)c4)nc(-c4ccc5ccc6ccccc6c5c4)n3)ccc2c1. The highest BCUT2D eigenvalue weighted by molar-refractivity contribution is 7.26. The number of thiophene rings is 1. The number of aromatic nitrogens is 4. The molecule has 0 radical (unpaired) electrons. The summed E-state index contributed by atoms with van der Waals surface area (Å²) < 4.78 is 2.52. The van der Waals surface area contributed by atoms with Gasteiger partial charge in [-0.2, -0.15) is 0 Å². The van der Waals surface area contributed by atoms with E-state index in [0.29, 0.717) is 17.5 Å². The van der Waals surface area contributed by atoms with Crippen LogP contribution in [0.15, 0.2) is 146 Å². The topological polar surface area (TPSA) is 51.6 Å². The third-order valence-corrected chi connectivity index (χ3v) is 10.4. The summed E-state index contributed by atoms with van der Waals surface area (Å²) in [5, 5.41) is 12.0. The highest BCUT2D eigenvalue weighted by atomic mass is 32.1. The van der Waals surface area contributed by atoms with Crippen molar-refractivity contribution < 1.29 is 0 Å². The average Bonchev–Trinajstić information content (AvgIpc) is 3.53. The summed E-state index contributed by atoms with van der Waals surface area (Å²) in [6, 6.07) is 47.2. The van der Waals surface area contributed by atoms with Crippen LogP contribution in [0.5, 0.6) is 0 Å². The van der Waals surface area contributed by atoms with Crippen molar-refractivity contribution in [1.82, 2.24) is 19.9 Å². The van der Waals surface area contributed by atoms with Crippen molar-refractivity contribution in [2.75, 3.05) is 0 Å². The molecule has 0 fully saturated rings. The summed E-state index contributed by atoms with van der Waals surface area (Å²) >= 11 is 1.81. The van der Waals surface area contributed by atoms with E-state index < -0.39 is 0 Å². The van der Waals surface area contributed by atoms with E-state index in [-0.39, 0.29) is 0 Å². The Kier molecular flexibility index (Phi) is 5.71. The molecular formula is C42H24N4S. The van der Waals surface area contributed by atoms with Crippen molar-refractivity contribution in [1.29, 1.82) is 0 Å². The monoisotopic (exact) mass is 616 g/mol. The molecule has 3 heterocycles. The standard InChI is InChI=1S/C42H24N4S/c1-2-7-28-21-30(13-9-25(28)5-1)40-44-41(31-16-17-34-29(22-31)15-18-35-37-24-43-20-19-38(37)47-39(34)35)46-42(45-40)32-14-12-27-11-10-26-6-3-4-8-33(26)36(27)23-32/h1-24H. The van der Waals surface area contributed by atoms with Gasteiger partial charge in [0.15, 0.2) is 17.5 Å². The summed E-state index contributed by atoms with van der Waals surface area (Å²) in [4.78, 5) is 19.7. The zero-order valence-electron chi connectivity index (χ0n) is 25.1. The van der Waals surface area contributed by atoms with Crippen molar-refractivity contribution in [3.63, 3.8) is 0 Å². The Balaban J connectivity index is 1.18. The summed E-state index contributed by atoms with van der Waals surface area (Å²) in [5.74, 6) is 1.96. The summed E-state index contributed by atoms with van der Waals surface area (Å²) in [6.45, 7) is 0. The Morgan fingerprint density at radius 3 is 1.77 bits per heavy atom. The van der Waals surface area contributed by atoms with Gasteiger partial charge in [0, 0.05) is 49.3 Å². The minimum Gasteiger partial charge on any atom is -0.264 e. The maximum absolute atomic E-state index is 5.12. The molecule has 4 nitrogen and oxygen atoms in total. The predicted octanol–water partition coefficient (Wildman–Crippen LogP) is 11.2. The van der Waals surface area contributed by atoms with Gasteiger partial charge in [0.25, 0.3) is 0 Å². The molecule has 0 unspecified atom stereocenters. The third kappa shape index (κ3) is 4.28. The number of rotatable bonds is 3. The van der Waals surface area contributed by atoms with Gasteiger partial charge in [0.1, 0.15) is 0 Å². The van der Waals surface area contributed by atoms with Gasteiger partial charge in [0.2, 0.25) is 0 Å². The lowest BCUT2D eigenvalue weighted by Crippen LogP contribution is -2.00. The highest BCUT2D eigenvalue weighted by Gasteiger charge is 2.15. The fourth-order valence-electron chi connectivity index (χ4n) is 6.78. The van der Waals surface area contributed by atoms with E-state index in [0.717, 1.165) is 27.5 Å².